The lowest BCUT2D eigenvalue weighted by molar-refractivity contribution is 0.306. The van der Waals surface area contributed by atoms with E-state index in [1.165, 1.54) is 0 Å². The van der Waals surface area contributed by atoms with Gasteiger partial charge in [0.05, 0.1) is 12.5 Å². The molecule has 0 aliphatic rings. The number of aliphatic hydroxyl groups excluding tert-OH is 1. The van der Waals surface area contributed by atoms with Crippen molar-refractivity contribution < 1.29 is 9.84 Å². The zero-order valence-corrected chi connectivity index (χ0v) is 11.5. The summed E-state index contributed by atoms with van der Waals surface area (Å²) >= 11 is 0. The van der Waals surface area contributed by atoms with Crippen molar-refractivity contribution in [1.29, 1.82) is 5.26 Å². The van der Waals surface area contributed by atoms with Gasteiger partial charge in [0.25, 0.3) is 0 Å². The van der Waals surface area contributed by atoms with E-state index < -0.39 is 0 Å². The highest BCUT2D eigenvalue weighted by molar-refractivity contribution is 5.37. The summed E-state index contributed by atoms with van der Waals surface area (Å²) in [5.74, 6) is 6.26. The lowest BCUT2D eigenvalue weighted by Crippen LogP contribution is -1.96. The average molecular weight is 277 g/mol. The number of benzene rings is 2. The molecule has 0 aliphatic heterocycles. The average Bonchev–Trinajstić information content (AvgIpc) is 2.53. The molecule has 0 saturated carbocycles. The lowest BCUT2D eigenvalue weighted by Gasteiger charge is -2.07. The first-order chi connectivity index (χ1) is 10.3. The highest BCUT2D eigenvalue weighted by Crippen LogP contribution is 2.15. The summed E-state index contributed by atoms with van der Waals surface area (Å²) in [6.07, 6.45) is 0.409. The number of hydrogen-bond acceptors (Lipinski definition) is 3. The Labute approximate surface area is 124 Å². The molecule has 2 rings (SSSR count). The van der Waals surface area contributed by atoms with Gasteiger partial charge >= 0.3 is 0 Å². The molecule has 1 N–H and O–H groups in total. The van der Waals surface area contributed by atoms with Gasteiger partial charge in [-0.2, -0.15) is 5.26 Å². The standard InChI is InChI=1S/C18H15NO2/c19-11-10-15-6-8-18(9-7-15)21-14-17-4-1-3-16(13-17)5-2-12-20/h1,3-4,6-9,13,20H,10,12,14H2. The summed E-state index contributed by atoms with van der Waals surface area (Å²) in [5.41, 5.74) is 2.85. The first-order valence-electron chi connectivity index (χ1n) is 6.59. The Morgan fingerprint density at radius 3 is 2.57 bits per heavy atom. The SMILES string of the molecule is N#CCc1ccc(OCc2cccc(C#CCO)c2)cc1. The van der Waals surface area contributed by atoms with Crippen LogP contribution in [0.1, 0.15) is 16.7 Å². The van der Waals surface area contributed by atoms with Gasteiger partial charge in [-0.1, -0.05) is 36.1 Å². The van der Waals surface area contributed by atoms with Gasteiger partial charge < -0.3 is 9.84 Å². The molecular weight excluding hydrogens is 262 g/mol. The van der Waals surface area contributed by atoms with Crippen LogP contribution in [-0.4, -0.2) is 11.7 Å². The maximum atomic E-state index is 8.69. The van der Waals surface area contributed by atoms with E-state index in [4.69, 9.17) is 15.1 Å². The molecule has 0 aromatic heterocycles. The van der Waals surface area contributed by atoms with Crippen LogP contribution in [0.4, 0.5) is 0 Å². The first kappa shape index (κ1) is 14.7. The van der Waals surface area contributed by atoms with Crippen molar-refractivity contribution in [3.05, 3.63) is 65.2 Å². The Kier molecular flexibility index (Phi) is 5.41. The fourth-order valence-corrected chi connectivity index (χ4v) is 1.84. The van der Waals surface area contributed by atoms with Crippen LogP contribution in [0, 0.1) is 23.2 Å². The van der Waals surface area contributed by atoms with Crippen LogP contribution >= 0.6 is 0 Å². The van der Waals surface area contributed by atoms with Gasteiger partial charge in [0.2, 0.25) is 0 Å². The van der Waals surface area contributed by atoms with E-state index >= 15 is 0 Å². The second-order valence-corrected chi connectivity index (χ2v) is 4.43. The van der Waals surface area contributed by atoms with E-state index in [9.17, 15) is 0 Å². The number of nitriles is 1. The molecule has 0 heterocycles. The Balaban J connectivity index is 1.98. The molecule has 0 saturated heterocycles. The fraction of sp³-hybridized carbons (Fsp3) is 0.167. The third-order valence-electron chi connectivity index (χ3n) is 2.85. The minimum Gasteiger partial charge on any atom is -0.489 e. The normalized spacial score (nSPS) is 9.33. The largest absolute Gasteiger partial charge is 0.489 e. The summed E-state index contributed by atoms with van der Waals surface area (Å²) < 4.78 is 5.70. The summed E-state index contributed by atoms with van der Waals surface area (Å²) in [4.78, 5) is 0. The molecule has 0 radical (unpaired) electrons. The monoisotopic (exact) mass is 277 g/mol. The molecule has 0 spiro atoms. The van der Waals surface area contributed by atoms with Crippen molar-refractivity contribution in [3.8, 4) is 23.7 Å². The van der Waals surface area contributed by atoms with E-state index in [-0.39, 0.29) is 6.61 Å². The molecule has 21 heavy (non-hydrogen) atoms. The quantitative estimate of drug-likeness (QED) is 0.874. The summed E-state index contributed by atoms with van der Waals surface area (Å²) in [5, 5.41) is 17.3. The molecule has 3 heteroatoms. The Hall–Kier alpha value is -2.75. The molecule has 2 aromatic rings. The maximum absolute atomic E-state index is 8.69. The van der Waals surface area contributed by atoms with Crippen LogP contribution < -0.4 is 4.74 Å². The van der Waals surface area contributed by atoms with Gasteiger partial charge in [0, 0.05) is 5.56 Å². The first-order valence-corrected chi connectivity index (χ1v) is 6.59. The van der Waals surface area contributed by atoms with Crippen molar-refractivity contribution >= 4 is 0 Å². The summed E-state index contributed by atoms with van der Waals surface area (Å²) in [6.45, 7) is 0.308. The van der Waals surface area contributed by atoms with Crippen molar-refractivity contribution in [1.82, 2.24) is 0 Å². The van der Waals surface area contributed by atoms with Gasteiger partial charge in [-0.05, 0) is 35.4 Å². The second kappa shape index (κ2) is 7.75. The van der Waals surface area contributed by atoms with Crippen molar-refractivity contribution in [3.63, 3.8) is 0 Å². The van der Waals surface area contributed by atoms with Gasteiger partial charge in [0.1, 0.15) is 19.0 Å². The topological polar surface area (TPSA) is 53.2 Å². The van der Waals surface area contributed by atoms with Crippen molar-refractivity contribution in [2.75, 3.05) is 6.61 Å². The zero-order chi connectivity index (χ0) is 14.9. The van der Waals surface area contributed by atoms with Crippen LogP contribution in [0.15, 0.2) is 48.5 Å². The second-order valence-electron chi connectivity index (χ2n) is 4.43. The number of aliphatic hydroxyl groups is 1. The van der Waals surface area contributed by atoms with Crippen molar-refractivity contribution in [2.24, 2.45) is 0 Å². The predicted molar refractivity (Wildman–Crippen MR) is 80.5 cm³/mol. The molecule has 0 atom stereocenters. The zero-order valence-electron chi connectivity index (χ0n) is 11.5. The molecule has 0 bridgehead atoms. The minimum absolute atomic E-state index is 0.143. The lowest BCUT2D eigenvalue weighted by atomic mass is 10.1. The molecule has 0 unspecified atom stereocenters. The fourth-order valence-electron chi connectivity index (χ4n) is 1.84. The van der Waals surface area contributed by atoms with E-state index in [0.717, 1.165) is 22.4 Å². The van der Waals surface area contributed by atoms with E-state index in [1.54, 1.807) is 0 Å². The van der Waals surface area contributed by atoms with Gasteiger partial charge in [-0.25, -0.2) is 0 Å². The van der Waals surface area contributed by atoms with Gasteiger partial charge in [0.15, 0.2) is 0 Å². The Morgan fingerprint density at radius 1 is 1.05 bits per heavy atom. The highest BCUT2D eigenvalue weighted by Gasteiger charge is 1.98. The van der Waals surface area contributed by atoms with Crippen molar-refractivity contribution in [2.45, 2.75) is 13.0 Å². The molecule has 2 aromatic carbocycles. The molecule has 0 aliphatic carbocycles. The van der Waals surface area contributed by atoms with Crippen LogP contribution in [0.3, 0.4) is 0 Å². The van der Waals surface area contributed by atoms with Gasteiger partial charge in [-0.3, -0.25) is 0 Å². The Morgan fingerprint density at radius 2 is 1.86 bits per heavy atom. The smallest absolute Gasteiger partial charge is 0.119 e. The van der Waals surface area contributed by atoms with Crippen LogP contribution in [-0.2, 0) is 13.0 Å². The molecular formula is C18H15NO2. The highest BCUT2D eigenvalue weighted by atomic mass is 16.5. The van der Waals surface area contributed by atoms with E-state index in [1.807, 2.05) is 48.5 Å². The number of rotatable bonds is 4. The molecule has 104 valence electrons. The van der Waals surface area contributed by atoms with E-state index in [2.05, 4.69) is 17.9 Å². The predicted octanol–water partition coefficient (Wildman–Crippen LogP) is 2.68. The molecule has 0 amide bonds. The van der Waals surface area contributed by atoms with Crippen LogP contribution in [0.25, 0.3) is 0 Å². The third-order valence-corrected chi connectivity index (χ3v) is 2.85. The summed E-state index contributed by atoms with van der Waals surface area (Å²) in [7, 11) is 0. The van der Waals surface area contributed by atoms with Crippen LogP contribution in [0.2, 0.25) is 0 Å². The maximum Gasteiger partial charge on any atom is 0.119 e. The molecule has 0 fully saturated rings. The third kappa shape index (κ3) is 4.69. The van der Waals surface area contributed by atoms with Crippen LogP contribution in [0.5, 0.6) is 5.75 Å². The van der Waals surface area contributed by atoms with E-state index in [0.29, 0.717) is 13.0 Å². The molecule has 3 nitrogen and oxygen atoms in total. The number of nitrogens with zero attached hydrogens (tertiary/aromatic N) is 1. The Bertz CT molecular complexity index is 688. The summed E-state index contributed by atoms with van der Waals surface area (Å²) in [6, 6.07) is 17.3. The minimum atomic E-state index is -0.143. The number of hydrogen-bond donors (Lipinski definition) is 1. The number of ether oxygens (including phenoxy) is 1. The van der Waals surface area contributed by atoms with Gasteiger partial charge in [-0.15, -0.1) is 0 Å².